The lowest BCUT2D eigenvalue weighted by molar-refractivity contribution is -0.384. The first-order valence-corrected chi connectivity index (χ1v) is 9.31. The van der Waals surface area contributed by atoms with Crippen LogP contribution in [0.3, 0.4) is 0 Å². The number of amides is 3. The molecule has 0 unspecified atom stereocenters. The molecule has 3 amide bonds. The third-order valence-corrected chi connectivity index (χ3v) is 4.34. The Hall–Kier alpha value is -4.73. The zero-order valence-corrected chi connectivity index (χ0v) is 16.6. The largest absolute Gasteiger partial charge is 0.488 e. The van der Waals surface area contributed by atoms with Gasteiger partial charge < -0.3 is 10.5 Å². The molecule has 0 aromatic heterocycles. The normalized spacial score (nSPS) is 10.1. The predicted molar refractivity (Wildman–Crippen MR) is 114 cm³/mol. The zero-order chi connectivity index (χ0) is 23.1. The maximum absolute atomic E-state index is 12.4. The second-order valence-electron chi connectivity index (χ2n) is 6.57. The molecule has 32 heavy (non-hydrogen) atoms. The van der Waals surface area contributed by atoms with Crippen molar-refractivity contribution in [2.45, 2.75) is 6.61 Å². The summed E-state index contributed by atoms with van der Waals surface area (Å²) < 4.78 is 5.65. The molecule has 0 bridgehead atoms. The van der Waals surface area contributed by atoms with Gasteiger partial charge in [0.2, 0.25) is 0 Å². The molecule has 3 aromatic carbocycles. The van der Waals surface area contributed by atoms with Gasteiger partial charge in [0, 0.05) is 23.3 Å². The van der Waals surface area contributed by atoms with Crippen LogP contribution in [0.1, 0.15) is 36.6 Å². The number of carbonyl (C=O) groups is 3. The fourth-order valence-electron chi connectivity index (χ4n) is 2.78. The molecule has 0 saturated heterocycles. The summed E-state index contributed by atoms with van der Waals surface area (Å²) in [5, 5.41) is 10.8. The number of nitro groups is 1. The highest BCUT2D eigenvalue weighted by Crippen LogP contribution is 2.19. The third kappa shape index (κ3) is 5.45. The molecular weight excluding hydrogens is 416 g/mol. The van der Waals surface area contributed by atoms with E-state index >= 15 is 0 Å². The molecule has 0 aliphatic rings. The van der Waals surface area contributed by atoms with Gasteiger partial charge in [-0.25, -0.2) is 0 Å². The van der Waals surface area contributed by atoms with Crippen molar-refractivity contribution in [2.75, 3.05) is 0 Å². The van der Waals surface area contributed by atoms with Crippen LogP contribution in [-0.2, 0) is 6.61 Å². The van der Waals surface area contributed by atoms with Crippen molar-refractivity contribution in [3.63, 3.8) is 0 Å². The van der Waals surface area contributed by atoms with E-state index < -0.39 is 22.6 Å². The minimum atomic E-state index is -0.704. The number of ether oxygens (including phenoxy) is 1. The number of nitro benzene ring substituents is 1. The topological polar surface area (TPSA) is 154 Å². The summed E-state index contributed by atoms with van der Waals surface area (Å²) in [6, 6.07) is 18.1. The van der Waals surface area contributed by atoms with Gasteiger partial charge >= 0.3 is 0 Å². The molecule has 3 rings (SSSR count). The number of hydrogen-bond donors (Lipinski definition) is 3. The van der Waals surface area contributed by atoms with E-state index in [1.807, 2.05) is 0 Å². The maximum atomic E-state index is 12.4. The molecule has 0 aliphatic carbocycles. The quantitative estimate of drug-likeness (QED) is 0.383. The van der Waals surface area contributed by atoms with Crippen molar-refractivity contribution in [1.29, 1.82) is 0 Å². The third-order valence-electron chi connectivity index (χ3n) is 4.34. The average molecular weight is 434 g/mol. The van der Waals surface area contributed by atoms with Crippen LogP contribution in [-0.4, -0.2) is 22.6 Å². The fourth-order valence-corrected chi connectivity index (χ4v) is 2.78. The van der Waals surface area contributed by atoms with E-state index in [-0.39, 0.29) is 29.0 Å². The van der Waals surface area contributed by atoms with E-state index in [4.69, 9.17) is 10.5 Å². The van der Waals surface area contributed by atoms with E-state index in [9.17, 15) is 24.5 Å². The van der Waals surface area contributed by atoms with Gasteiger partial charge in [0.1, 0.15) is 12.4 Å². The van der Waals surface area contributed by atoms with Gasteiger partial charge in [0.25, 0.3) is 23.4 Å². The second kappa shape index (κ2) is 9.85. The van der Waals surface area contributed by atoms with Crippen LogP contribution in [0.25, 0.3) is 0 Å². The first-order chi connectivity index (χ1) is 15.3. The Morgan fingerprint density at radius 2 is 1.50 bits per heavy atom. The number of nitrogens with two attached hydrogens (primary N) is 1. The van der Waals surface area contributed by atoms with Crippen LogP contribution in [0.2, 0.25) is 0 Å². The van der Waals surface area contributed by atoms with Crippen LogP contribution in [0.4, 0.5) is 5.69 Å². The number of non-ortho nitro benzene ring substituents is 1. The molecule has 4 N–H and O–H groups in total. The highest BCUT2D eigenvalue weighted by atomic mass is 16.6. The number of hydrogen-bond acceptors (Lipinski definition) is 6. The van der Waals surface area contributed by atoms with Crippen molar-refractivity contribution in [2.24, 2.45) is 5.73 Å². The second-order valence-corrected chi connectivity index (χ2v) is 6.57. The van der Waals surface area contributed by atoms with E-state index in [0.29, 0.717) is 11.3 Å². The van der Waals surface area contributed by atoms with E-state index in [2.05, 4.69) is 10.9 Å². The monoisotopic (exact) mass is 434 g/mol. The highest BCUT2D eigenvalue weighted by Gasteiger charge is 2.14. The molecule has 0 heterocycles. The van der Waals surface area contributed by atoms with E-state index in [0.717, 1.165) is 6.07 Å². The molecule has 3 aromatic rings. The summed E-state index contributed by atoms with van der Waals surface area (Å²) in [5.41, 5.74) is 10.7. The molecular formula is C22H18N4O6. The van der Waals surface area contributed by atoms with Crippen molar-refractivity contribution in [3.05, 3.63) is 105 Å². The number of rotatable bonds is 7. The minimum Gasteiger partial charge on any atom is -0.488 e. The van der Waals surface area contributed by atoms with E-state index in [1.165, 1.54) is 24.3 Å². The summed E-state index contributed by atoms with van der Waals surface area (Å²) in [5.74, 6) is -1.60. The molecule has 162 valence electrons. The average Bonchev–Trinajstić information content (AvgIpc) is 2.81. The molecule has 10 nitrogen and oxygen atoms in total. The van der Waals surface area contributed by atoms with Crippen LogP contribution in [0.5, 0.6) is 5.75 Å². The molecule has 0 fully saturated rings. The summed E-state index contributed by atoms with van der Waals surface area (Å²) >= 11 is 0. The Bertz CT molecular complexity index is 1190. The number of carbonyl (C=O) groups excluding carboxylic acids is 3. The van der Waals surface area contributed by atoms with Crippen molar-refractivity contribution < 1.29 is 24.0 Å². The lowest BCUT2D eigenvalue weighted by atomic mass is 10.1. The van der Waals surface area contributed by atoms with Gasteiger partial charge in [0.05, 0.1) is 10.5 Å². The van der Waals surface area contributed by atoms with Crippen molar-refractivity contribution in [1.82, 2.24) is 10.9 Å². The smallest absolute Gasteiger partial charge is 0.270 e. The Balaban J connectivity index is 1.62. The summed E-state index contributed by atoms with van der Waals surface area (Å²) in [6.45, 7) is 0.0749. The Labute approximate surface area is 182 Å². The van der Waals surface area contributed by atoms with Gasteiger partial charge in [-0.2, -0.15) is 0 Å². The number of nitrogens with one attached hydrogen (secondary N) is 2. The minimum absolute atomic E-state index is 0.0229. The van der Waals surface area contributed by atoms with Crippen LogP contribution in [0.15, 0.2) is 72.8 Å². The molecule has 0 atom stereocenters. The zero-order valence-electron chi connectivity index (χ0n) is 16.6. The van der Waals surface area contributed by atoms with Gasteiger partial charge in [-0.1, -0.05) is 30.3 Å². The van der Waals surface area contributed by atoms with Gasteiger partial charge in [-0.3, -0.25) is 35.3 Å². The highest BCUT2D eigenvalue weighted by molar-refractivity contribution is 5.99. The number of primary amides is 1. The Kier molecular flexibility index (Phi) is 6.76. The molecule has 10 heteroatoms. The van der Waals surface area contributed by atoms with Crippen molar-refractivity contribution >= 4 is 23.4 Å². The summed E-state index contributed by atoms with van der Waals surface area (Å²) in [4.78, 5) is 46.2. The predicted octanol–water partition coefficient (Wildman–Crippen LogP) is 2.35. The van der Waals surface area contributed by atoms with Gasteiger partial charge in [-0.15, -0.1) is 0 Å². The Morgan fingerprint density at radius 1 is 0.875 bits per heavy atom. The lowest BCUT2D eigenvalue weighted by Crippen LogP contribution is -2.41. The number of benzene rings is 3. The molecule has 0 spiro atoms. The van der Waals surface area contributed by atoms with Gasteiger partial charge in [0.15, 0.2) is 0 Å². The summed E-state index contributed by atoms with van der Waals surface area (Å²) in [6.07, 6.45) is 0. The first kappa shape index (κ1) is 22.0. The van der Waals surface area contributed by atoms with E-state index in [1.54, 1.807) is 42.5 Å². The number of hydrazine groups is 1. The number of nitrogens with zero attached hydrogens (tertiary/aromatic N) is 1. The summed E-state index contributed by atoms with van der Waals surface area (Å²) in [7, 11) is 0. The molecule has 0 aliphatic heterocycles. The van der Waals surface area contributed by atoms with Crippen LogP contribution >= 0.6 is 0 Å². The van der Waals surface area contributed by atoms with Crippen LogP contribution in [0, 0.1) is 10.1 Å². The maximum Gasteiger partial charge on any atom is 0.270 e. The lowest BCUT2D eigenvalue weighted by Gasteiger charge is -2.11. The SMILES string of the molecule is NC(=O)c1ccccc1OCc1cccc(C(=O)NNC(=O)c2cccc([N+](=O)[O-])c2)c1. The Morgan fingerprint density at radius 3 is 2.16 bits per heavy atom. The standard InChI is InChI=1S/C22H18N4O6/c23-20(27)18-9-1-2-10-19(18)32-13-14-5-3-6-15(11-14)21(28)24-25-22(29)16-7-4-8-17(12-16)26(30)31/h1-12H,13H2,(H2,23,27)(H,24,28)(H,25,29). The van der Waals surface area contributed by atoms with Crippen LogP contribution < -0.4 is 21.3 Å². The van der Waals surface area contributed by atoms with Gasteiger partial charge in [-0.05, 0) is 35.9 Å². The molecule has 0 saturated carbocycles. The number of para-hydroxylation sites is 1. The molecule has 0 radical (unpaired) electrons. The fraction of sp³-hybridized carbons (Fsp3) is 0.0455. The van der Waals surface area contributed by atoms with Crippen molar-refractivity contribution in [3.8, 4) is 5.75 Å². The first-order valence-electron chi connectivity index (χ1n) is 9.31.